The van der Waals surface area contributed by atoms with Crippen LogP contribution in [0.5, 0.6) is 11.5 Å². The van der Waals surface area contributed by atoms with Gasteiger partial charge in [0.05, 0.1) is 36.4 Å². The summed E-state index contributed by atoms with van der Waals surface area (Å²) in [6.07, 6.45) is 6.35. The lowest BCUT2D eigenvalue weighted by Crippen LogP contribution is -2.29. The van der Waals surface area contributed by atoms with Gasteiger partial charge in [0.1, 0.15) is 17.3 Å². The number of methoxy groups -OCH3 is 2. The monoisotopic (exact) mass is 465 g/mol. The van der Waals surface area contributed by atoms with Crippen molar-refractivity contribution in [3.63, 3.8) is 0 Å². The third-order valence-corrected chi connectivity index (χ3v) is 5.69. The summed E-state index contributed by atoms with van der Waals surface area (Å²) in [7, 11) is 2.85. The number of aliphatic hydroxyl groups excluding tert-OH is 1. The minimum Gasteiger partial charge on any atom is -0.507 e. The van der Waals surface area contributed by atoms with E-state index in [-0.39, 0.29) is 40.0 Å². The zero-order valence-corrected chi connectivity index (χ0v) is 18.6. The first-order chi connectivity index (χ1) is 16.0. The van der Waals surface area contributed by atoms with Crippen LogP contribution in [0, 0.1) is 0 Å². The minimum atomic E-state index is -0.840. The second-order valence-electron chi connectivity index (χ2n) is 7.25. The van der Waals surface area contributed by atoms with Gasteiger partial charge in [0, 0.05) is 37.4 Å². The topological polar surface area (TPSA) is 102 Å². The molecule has 0 bridgehead atoms. The number of carbonyl (C=O) groups is 2. The van der Waals surface area contributed by atoms with E-state index in [2.05, 4.69) is 9.97 Å². The molecule has 1 saturated heterocycles. The summed E-state index contributed by atoms with van der Waals surface area (Å²) < 4.78 is 10.6. The van der Waals surface area contributed by atoms with Crippen LogP contribution in [0.3, 0.4) is 0 Å². The SMILES string of the molecule is COc1cc(/C(O)=C2\C(=O)C(=O)N(Cc3ccncc3)C2c2ccncc2)c(OC)cc1Cl. The lowest BCUT2D eigenvalue weighted by molar-refractivity contribution is -0.140. The highest BCUT2D eigenvalue weighted by atomic mass is 35.5. The molecule has 1 atom stereocenters. The number of Topliss-reactive ketones (excluding diaryl/α,β-unsaturated/α-hetero) is 1. The highest BCUT2D eigenvalue weighted by molar-refractivity contribution is 6.46. The molecule has 1 aliphatic heterocycles. The number of benzene rings is 1. The highest BCUT2D eigenvalue weighted by Gasteiger charge is 2.46. The molecule has 1 aliphatic rings. The van der Waals surface area contributed by atoms with Crippen LogP contribution < -0.4 is 9.47 Å². The van der Waals surface area contributed by atoms with Crippen molar-refractivity contribution in [1.29, 1.82) is 0 Å². The van der Waals surface area contributed by atoms with E-state index in [0.717, 1.165) is 5.56 Å². The average molecular weight is 466 g/mol. The summed E-state index contributed by atoms with van der Waals surface area (Å²) >= 11 is 6.19. The van der Waals surface area contributed by atoms with E-state index >= 15 is 0 Å². The molecule has 3 aromatic rings. The van der Waals surface area contributed by atoms with E-state index in [4.69, 9.17) is 21.1 Å². The number of ketones is 1. The van der Waals surface area contributed by atoms with Crippen LogP contribution >= 0.6 is 11.6 Å². The molecule has 168 valence electrons. The standard InChI is InChI=1S/C24H20ClN3O5/c1-32-18-12-17(25)19(33-2)11-16(18)22(29)20-21(15-5-9-27-10-6-15)28(24(31)23(20)30)13-14-3-7-26-8-4-14/h3-12,21,29H,13H2,1-2H3/b22-20+. The molecule has 0 saturated carbocycles. The van der Waals surface area contributed by atoms with Gasteiger partial charge in [-0.25, -0.2) is 0 Å². The van der Waals surface area contributed by atoms with Crippen molar-refractivity contribution < 1.29 is 24.2 Å². The maximum atomic E-state index is 13.2. The third kappa shape index (κ3) is 4.12. The van der Waals surface area contributed by atoms with E-state index in [1.54, 1.807) is 49.1 Å². The second kappa shape index (κ2) is 9.30. The summed E-state index contributed by atoms with van der Waals surface area (Å²) in [6, 6.07) is 9.02. The molecule has 0 radical (unpaired) electrons. The summed E-state index contributed by atoms with van der Waals surface area (Å²) in [4.78, 5) is 35.7. The first-order valence-electron chi connectivity index (χ1n) is 9.95. The molecule has 1 unspecified atom stereocenters. The lowest BCUT2D eigenvalue weighted by Gasteiger charge is -2.25. The van der Waals surface area contributed by atoms with Gasteiger partial charge in [-0.05, 0) is 41.5 Å². The normalized spacial score (nSPS) is 17.3. The van der Waals surface area contributed by atoms with Gasteiger partial charge >= 0.3 is 0 Å². The van der Waals surface area contributed by atoms with Crippen molar-refractivity contribution in [2.45, 2.75) is 12.6 Å². The Kier molecular flexibility index (Phi) is 6.28. The predicted molar refractivity (Wildman–Crippen MR) is 121 cm³/mol. The molecule has 4 rings (SSSR count). The smallest absolute Gasteiger partial charge is 0.295 e. The largest absolute Gasteiger partial charge is 0.507 e. The minimum absolute atomic E-state index is 0.0667. The quantitative estimate of drug-likeness (QED) is 0.336. The van der Waals surface area contributed by atoms with Crippen molar-refractivity contribution in [1.82, 2.24) is 14.9 Å². The molecule has 0 spiro atoms. The third-order valence-electron chi connectivity index (χ3n) is 5.39. The average Bonchev–Trinajstić information content (AvgIpc) is 3.09. The lowest BCUT2D eigenvalue weighted by atomic mass is 9.95. The molecule has 8 nitrogen and oxygen atoms in total. The van der Waals surface area contributed by atoms with Gasteiger partial charge in [0.15, 0.2) is 0 Å². The number of hydrogen-bond acceptors (Lipinski definition) is 7. The number of pyridine rings is 2. The molecular weight excluding hydrogens is 446 g/mol. The van der Waals surface area contributed by atoms with Gasteiger partial charge in [0.2, 0.25) is 0 Å². The number of amides is 1. The maximum Gasteiger partial charge on any atom is 0.295 e. The molecule has 1 aromatic carbocycles. The Bertz CT molecular complexity index is 1230. The Morgan fingerprint density at radius 1 is 1.00 bits per heavy atom. The number of ether oxygens (including phenoxy) is 2. The number of halogens is 1. The van der Waals surface area contributed by atoms with E-state index < -0.39 is 17.7 Å². The summed E-state index contributed by atoms with van der Waals surface area (Å²) in [6.45, 7) is 0.151. The fraction of sp³-hybridized carbons (Fsp3) is 0.167. The molecule has 33 heavy (non-hydrogen) atoms. The maximum absolute atomic E-state index is 13.2. The Hall–Kier alpha value is -3.91. The number of likely N-dealkylation sites (tertiary alicyclic amines) is 1. The fourth-order valence-electron chi connectivity index (χ4n) is 3.81. The van der Waals surface area contributed by atoms with E-state index in [0.29, 0.717) is 5.56 Å². The van der Waals surface area contributed by atoms with Crippen molar-refractivity contribution in [2.75, 3.05) is 14.2 Å². The van der Waals surface area contributed by atoms with Crippen LogP contribution in [0.2, 0.25) is 5.02 Å². The van der Waals surface area contributed by atoms with E-state index in [1.807, 2.05) is 0 Å². The van der Waals surface area contributed by atoms with Gasteiger partial charge < -0.3 is 19.5 Å². The number of aromatic nitrogens is 2. The highest BCUT2D eigenvalue weighted by Crippen LogP contribution is 2.43. The Balaban J connectivity index is 1.91. The first kappa shape index (κ1) is 22.3. The molecule has 9 heteroatoms. The van der Waals surface area contributed by atoms with Gasteiger partial charge in [-0.15, -0.1) is 0 Å². The van der Waals surface area contributed by atoms with Crippen LogP contribution in [-0.4, -0.2) is 45.9 Å². The van der Waals surface area contributed by atoms with E-state index in [1.165, 1.54) is 31.3 Å². The first-order valence-corrected chi connectivity index (χ1v) is 10.3. The summed E-state index contributed by atoms with van der Waals surface area (Å²) in [5, 5.41) is 11.6. The molecule has 0 aliphatic carbocycles. The number of carbonyl (C=O) groups excluding carboxylic acids is 2. The number of hydrogen-bond donors (Lipinski definition) is 1. The van der Waals surface area contributed by atoms with E-state index in [9.17, 15) is 14.7 Å². The second-order valence-corrected chi connectivity index (χ2v) is 7.66. The van der Waals surface area contributed by atoms with Crippen LogP contribution in [0.15, 0.2) is 66.8 Å². The number of nitrogens with zero attached hydrogens (tertiary/aromatic N) is 3. The van der Waals surface area contributed by atoms with Crippen molar-refractivity contribution in [3.8, 4) is 11.5 Å². The van der Waals surface area contributed by atoms with Crippen LogP contribution in [0.4, 0.5) is 0 Å². The number of aliphatic hydroxyl groups is 1. The van der Waals surface area contributed by atoms with Crippen LogP contribution in [-0.2, 0) is 16.1 Å². The molecule has 2 aromatic heterocycles. The Labute approximate surface area is 195 Å². The Morgan fingerprint density at radius 3 is 2.21 bits per heavy atom. The molecule has 1 N–H and O–H groups in total. The van der Waals surface area contributed by atoms with Gasteiger partial charge in [-0.1, -0.05) is 11.6 Å². The molecule has 3 heterocycles. The van der Waals surface area contributed by atoms with Gasteiger partial charge in [-0.3, -0.25) is 19.6 Å². The van der Waals surface area contributed by atoms with Gasteiger partial charge in [-0.2, -0.15) is 0 Å². The van der Waals surface area contributed by atoms with Gasteiger partial charge in [0.25, 0.3) is 11.7 Å². The summed E-state index contributed by atoms with van der Waals surface area (Å²) in [5.41, 5.74) is 1.53. The zero-order valence-electron chi connectivity index (χ0n) is 17.9. The van der Waals surface area contributed by atoms with Crippen molar-refractivity contribution in [3.05, 3.63) is 88.5 Å². The Morgan fingerprint density at radius 2 is 1.61 bits per heavy atom. The van der Waals surface area contributed by atoms with Crippen LogP contribution in [0.1, 0.15) is 22.7 Å². The molecular formula is C24H20ClN3O5. The zero-order chi connectivity index (χ0) is 23.5. The summed E-state index contributed by atoms with van der Waals surface area (Å²) in [5.74, 6) is -1.41. The number of rotatable bonds is 6. The molecule has 1 fully saturated rings. The van der Waals surface area contributed by atoms with Crippen molar-refractivity contribution in [2.24, 2.45) is 0 Å². The fourth-order valence-corrected chi connectivity index (χ4v) is 4.04. The molecule has 1 amide bonds. The predicted octanol–water partition coefficient (Wildman–Crippen LogP) is 3.77. The van der Waals surface area contributed by atoms with Crippen molar-refractivity contribution >= 4 is 29.1 Å². The van der Waals surface area contributed by atoms with Crippen LogP contribution in [0.25, 0.3) is 5.76 Å².